The first-order chi connectivity index (χ1) is 9.53. The number of carbonyl (C=O) groups excluding carboxylic acids is 1. The van der Waals surface area contributed by atoms with Crippen molar-refractivity contribution in [2.45, 2.75) is 0 Å². The van der Waals surface area contributed by atoms with Crippen LogP contribution in [0.4, 0.5) is 0 Å². The van der Waals surface area contributed by atoms with Crippen molar-refractivity contribution in [3.63, 3.8) is 0 Å². The van der Waals surface area contributed by atoms with Crippen LogP contribution in [0.15, 0.2) is 17.2 Å². The van der Waals surface area contributed by atoms with Crippen LogP contribution in [-0.4, -0.2) is 44.5 Å². The predicted octanol–water partition coefficient (Wildman–Crippen LogP) is 0.513. The summed E-state index contributed by atoms with van der Waals surface area (Å²) in [5.74, 6) is -0.920. The highest BCUT2D eigenvalue weighted by molar-refractivity contribution is 6.22. The summed E-state index contributed by atoms with van der Waals surface area (Å²) in [6.45, 7) is 0. The highest BCUT2D eigenvalue weighted by Gasteiger charge is 2.16. The Morgan fingerprint density at radius 3 is 2.10 bits per heavy atom. The maximum Gasteiger partial charge on any atom is 0.348 e. The first-order valence-electron chi connectivity index (χ1n) is 5.39. The van der Waals surface area contributed by atoms with E-state index in [4.69, 9.17) is 19.3 Å². The summed E-state index contributed by atoms with van der Waals surface area (Å²) in [6.07, 6.45) is 0.565. The molecule has 1 aromatic rings. The van der Waals surface area contributed by atoms with Crippen LogP contribution >= 0.6 is 0 Å². The highest BCUT2D eigenvalue weighted by atomic mass is 16.5. The molecule has 0 aliphatic carbocycles. The quantitative estimate of drug-likeness (QED) is 0.581. The summed E-state index contributed by atoms with van der Waals surface area (Å²) >= 11 is 0. The number of nitrogens with zero attached hydrogens (tertiary/aromatic N) is 1. The molecule has 0 radical (unpaired) electrons. The van der Waals surface area contributed by atoms with Crippen LogP contribution in [0.5, 0.6) is 17.2 Å². The lowest BCUT2D eigenvalue weighted by molar-refractivity contribution is -0.128. The number of carboxylic acids is 1. The minimum absolute atomic E-state index is 0.182. The van der Waals surface area contributed by atoms with Crippen molar-refractivity contribution < 1.29 is 28.9 Å². The van der Waals surface area contributed by atoms with E-state index in [-0.39, 0.29) is 5.56 Å². The minimum Gasteiger partial charge on any atom is -0.493 e. The van der Waals surface area contributed by atoms with E-state index in [0.29, 0.717) is 23.5 Å². The van der Waals surface area contributed by atoms with E-state index in [1.807, 2.05) is 0 Å². The van der Waals surface area contributed by atoms with Gasteiger partial charge in [-0.05, 0) is 12.1 Å². The van der Waals surface area contributed by atoms with Crippen LogP contribution < -0.4 is 19.6 Å². The molecule has 0 unspecified atom stereocenters. The summed E-state index contributed by atoms with van der Waals surface area (Å²) < 4.78 is 15.3. The van der Waals surface area contributed by atoms with Gasteiger partial charge in [-0.3, -0.25) is 4.79 Å². The van der Waals surface area contributed by atoms with Gasteiger partial charge in [0.15, 0.2) is 11.5 Å². The van der Waals surface area contributed by atoms with Gasteiger partial charge in [0.1, 0.15) is 6.21 Å². The zero-order valence-electron chi connectivity index (χ0n) is 11.2. The summed E-state index contributed by atoms with van der Waals surface area (Å²) in [5, 5.41) is 11.6. The molecule has 0 aromatic heterocycles. The van der Waals surface area contributed by atoms with Crippen LogP contribution in [-0.2, 0) is 4.79 Å². The Labute approximate surface area is 114 Å². The number of ether oxygens (including phenoxy) is 3. The first-order valence-corrected chi connectivity index (χ1v) is 5.39. The van der Waals surface area contributed by atoms with Gasteiger partial charge in [0.25, 0.3) is 5.91 Å². The van der Waals surface area contributed by atoms with Crippen LogP contribution in [0.3, 0.4) is 0 Å². The summed E-state index contributed by atoms with van der Waals surface area (Å²) in [7, 11) is 4.28. The number of nitrogens with one attached hydrogen (secondary N) is 1. The molecule has 8 nitrogen and oxygen atoms in total. The molecule has 8 heteroatoms. The molecule has 0 fully saturated rings. The lowest BCUT2D eigenvalue weighted by atomic mass is 10.1. The van der Waals surface area contributed by atoms with Crippen LogP contribution in [0.2, 0.25) is 0 Å². The van der Waals surface area contributed by atoms with Crippen molar-refractivity contribution in [2.75, 3.05) is 21.3 Å². The summed E-state index contributed by atoms with van der Waals surface area (Å²) in [5.41, 5.74) is 2.25. The molecule has 0 heterocycles. The van der Waals surface area contributed by atoms with E-state index in [1.165, 1.54) is 33.5 Å². The number of carboxylic acid groups (broad SMARTS) is 1. The van der Waals surface area contributed by atoms with Crippen LogP contribution in [0, 0.1) is 0 Å². The number of carbonyl (C=O) groups is 2. The second kappa shape index (κ2) is 6.98. The largest absolute Gasteiger partial charge is 0.493 e. The van der Waals surface area contributed by atoms with Crippen LogP contribution in [0.25, 0.3) is 0 Å². The third kappa shape index (κ3) is 3.61. The van der Waals surface area contributed by atoms with E-state index >= 15 is 0 Å². The molecule has 0 bridgehead atoms. The lowest BCUT2D eigenvalue weighted by Gasteiger charge is -2.13. The Morgan fingerprint density at radius 1 is 1.15 bits per heavy atom. The van der Waals surface area contributed by atoms with Gasteiger partial charge in [0.05, 0.1) is 21.3 Å². The number of hydrogen-bond acceptors (Lipinski definition) is 6. The third-order valence-corrected chi connectivity index (χ3v) is 2.27. The number of rotatable bonds is 6. The van der Waals surface area contributed by atoms with E-state index in [2.05, 4.69) is 10.5 Å². The number of methoxy groups -OCH3 is 3. The summed E-state index contributed by atoms with van der Waals surface area (Å²) in [6, 6.07) is 2.85. The SMILES string of the molecule is COc1cc(C(=O)N/N=C\C(=O)O)cc(OC)c1OC. The monoisotopic (exact) mass is 282 g/mol. The number of hydrogen-bond donors (Lipinski definition) is 2. The van der Waals surface area contributed by atoms with Crippen molar-refractivity contribution in [1.29, 1.82) is 0 Å². The topological polar surface area (TPSA) is 106 Å². The van der Waals surface area contributed by atoms with Crippen molar-refractivity contribution in [1.82, 2.24) is 5.43 Å². The Hall–Kier alpha value is -2.77. The number of aliphatic carboxylic acids is 1. The van der Waals surface area contributed by atoms with E-state index < -0.39 is 11.9 Å². The van der Waals surface area contributed by atoms with E-state index in [1.54, 1.807) is 0 Å². The molecule has 1 aromatic carbocycles. The Bertz CT molecular complexity index is 516. The smallest absolute Gasteiger partial charge is 0.348 e. The maximum absolute atomic E-state index is 11.8. The molecule has 0 aliphatic heterocycles. The summed E-state index contributed by atoms with van der Waals surface area (Å²) in [4.78, 5) is 22.0. The lowest BCUT2D eigenvalue weighted by Crippen LogP contribution is -2.18. The average molecular weight is 282 g/mol. The zero-order valence-corrected chi connectivity index (χ0v) is 11.2. The Balaban J connectivity index is 3.06. The fourth-order valence-electron chi connectivity index (χ4n) is 1.42. The second-order valence-corrected chi connectivity index (χ2v) is 3.45. The van der Waals surface area contributed by atoms with E-state index in [9.17, 15) is 9.59 Å². The fraction of sp³-hybridized carbons (Fsp3) is 0.250. The third-order valence-electron chi connectivity index (χ3n) is 2.27. The molecule has 0 saturated heterocycles. The molecule has 2 N–H and O–H groups in total. The van der Waals surface area contributed by atoms with Crippen molar-refractivity contribution in [3.05, 3.63) is 17.7 Å². The molecule has 20 heavy (non-hydrogen) atoms. The molecule has 0 atom stereocenters. The molecule has 0 spiro atoms. The van der Waals surface area contributed by atoms with Gasteiger partial charge in [0, 0.05) is 5.56 Å². The van der Waals surface area contributed by atoms with Gasteiger partial charge in [-0.2, -0.15) is 5.10 Å². The van der Waals surface area contributed by atoms with Gasteiger partial charge in [0.2, 0.25) is 5.75 Å². The first kappa shape index (κ1) is 15.3. The molecule has 0 aliphatic rings. The van der Waals surface area contributed by atoms with Gasteiger partial charge < -0.3 is 19.3 Å². The Kier molecular flexibility index (Phi) is 5.33. The normalized spacial score (nSPS) is 10.2. The minimum atomic E-state index is -1.27. The fourth-order valence-corrected chi connectivity index (χ4v) is 1.42. The highest BCUT2D eigenvalue weighted by Crippen LogP contribution is 2.38. The van der Waals surface area contributed by atoms with Gasteiger partial charge in [-0.25, -0.2) is 10.2 Å². The number of amides is 1. The maximum atomic E-state index is 11.8. The molecule has 0 saturated carbocycles. The van der Waals surface area contributed by atoms with Gasteiger partial charge in [-0.15, -0.1) is 0 Å². The average Bonchev–Trinajstić information content (AvgIpc) is 2.44. The molecular formula is C12H14N2O6. The van der Waals surface area contributed by atoms with Crippen molar-refractivity contribution >= 4 is 18.1 Å². The predicted molar refractivity (Wildman–Crippen MR) is 69.7 cm³/mol. The van der Waals surface area contributed by atoms with Gasteiger partial charge >= 0.3 is 5.97 Å². The molecule has 1 amide bonds. The Morgan fingerprint density at radius 2 is 1.70 bits per heavy atom. The molecule has 1 rings (SSSR count). The number of benzene rings is 1. The molecular weight excluding hydrogens is 268 g/mol. The van der Waals surface area contributed by atoms with Gasteiger partial charge in [-0.1, -0.05) is 0 Å². The molecule has 108 valence electrons. The van der Waals surface area contributed by atoms with Crippen LogP contribution in [0.1, 0.15) is 10.4 Å². The van der Waals surface area contributed by atoms with Crippen molar-refractivity contribution in [3.8, 4) is 17.2 Å². The van der Waals surface area contributed by atoms with Crippen molar-refractivity contribution in [2.24, 2.45) is 5.10 Å². The number of hydrazone groups is 1. The zero-order chi connectivity index (χ0) is 15.1. The standard InChI is InChI=1S/C12H14N2O6/c1-18-8-4-7(5-9(19-2)11(8)20-3)12(17)14-13-6-10(15)16/h4-6H,1-3H3,(H,14,17)(H,15,16)/b13-6-. The second-order valence-electron chi connectivity index (χ2n) is 3.45. The van der Waals surface area contributed by atoms with E-state index in [0.717, 1.165) is 0 Å².